The molecule has 0 spiro atoms. The van der Waals surface area contributed by atoms with Crippen molar-refractivity contribution < 1.29 is 26.5 Å². The summed E-state index contributed by atoms with van der Waals surface area (Å²) >= 11 is 21.1. The van der Waals surface area contributed by atoms with Gasteiger partial charge in [0.25, 0.3) is 0 Å². The van der Waals surface area contributed by atoms with Gasteiger partial charge >= 0.3 is 0 Å². The van der Waals surface area contributed by atoms with Crippen molar-refractivity contribution in [1.82, 2.24) is 0 Å². The summed E-state index contributed by atoms with van der Waals surface area (Å²) in [7, 11) is 0. The van der Waals surface area contributed by atoms with Gasteiger partial charge in [0.1, 0.15) is 67.0 Å². The lowest BCUT2D eigenvalue weighted by atomic mass is 9.81. The van der Waals surface area contributed by atoms with Crippen molar-refractivity contribution >= 4 is 270 Å². The van der Waals surface area contributed by atoms with Crippen molar-refractivity contribution in [3.8, 4) is 55.6 Å². The molecule has 21 aromatic carbocycles. The number of para-hydroxylation sites is 4. The third kappa shape index (κ3) is 15.7. The highest BCUT2D eigenvalue weighted by molar-refractivity contribution is 9.11. The molecule has 12 heteroatoms. The van der Waals surface area contributed by atoms with Crippen LogP contribution in [0.15, 0.2) is 466 Å². The van der Waals surface area contributed by atoms with Crippen molar-refractivity contribution in [2.75, 3.05) is 0 Å². The van der Waals surface area contributed by atoms with Gasteiger partial charge in [0.15, 0.2) is 0 Å². The summed E-state index contributed by atoms with van der Waals surface area (Å²) in [6.07, 6.45) is 0. The Morgan fingerprint density at radius 1 is 0.165 bits per heavy atom. The Hall–Kier alpha value is -13.7. The third-order valence-electron chi connectivity index (χ3n) is 25.6. The fraction of sp³-hybridized carbons (Fsp3) is 0.0248. The van der Waals surface area contributed by atoms with E-state index in [1.54, 1.807) is 0 Å². The fourth-order valence-corrected chi connectivity index (χ4v) is 21.0. The molecular formula is C121H74Br6O6. The molecule has 0 saturated heterocycles. The van der Waals surface area contributed by atoms with Gasteiger partial charge in [0.05, 0.1) is 0 Å². The van der Waals surface area contributed by atoms with E-state index in [-0.39, 0.29) is 5.41 Å². The number of fused-ring (bicyclic) bond motifs is 29. The summed E-state index contributed by atoms with van der Waals surface area (Å²) in [4.78, 5) is 0. The van der Waals surface area contributed by atoms with Crippen LogP contribution in [0.5, 0.6) is 0 Å². The Balaban J connectivity index is 0.0000000916. The Morgan fingerprint density at radius 2 is 0.496 bits per heavy atom. The standard InChI is InChI=1S/C27H19BrO.C26H15BrO.C22H13BrO.C18H11BrO.C16H9BrO.C12H7BrO/c1-27(2)23-14-17(7-10-19(23)20-11-9-18(28)15-24(20)27)16-8-12-26-22(13-16)21-5-3-4-6-25(21)29-26;27-18-12-9-16(10-13-18)17-11-14-24-23(15-17)25-21-7-3-1-5-19(21)20-6-2-4-8-22(20)26(25)28-24;23-17-9-5-14(6-10-17)16-8-11-20-19(13-16)22-18-4-2-1-3-15(18)7-12-21(22)24-20;19-13-10-8-12(9-11-13)14-5-3-6-16-15-4-1-2-7-17(15)20-18(14)16;17-12-5-6-15-14(9-12)13-7-10-3-1-2-4-11(10)8-16(13)18-15;13-8-5-6-12-10(7-8)9-3-1-2-4-11(9)14-12/h3-15H,1-2H3;1-15H;1-13H;1-11H;1-9H;1-7H. The molecule has 0 amide bonds. The molecule has 0 saturated carbocycles. The summed E-state index contributed by atoms with van der Waals surface area (Å²) in [5.74, 6) is 0. The minimum atomic E-state index is -0.0170. The maximum Gasteiger partial charge on any atom is 0.143 e. The molecule has 28 rings (SSSR count). The van der Waals surface area contributed by atoms with E-state index in [2.05, 4.69) is 443 Å². The molecule has 0 bridgehead atoms. The second-order valence-electron chi connectivity index (χ2n) is 33.9. The van der Waals surface area contributed by atoms with Gasteiger partial charge in [-0.3, -0.25) is 0 Å². The van der Waals surface area contributed by atoms with E-state index >= 15 is 0 Å². The first-order chi connectivity index (χ1) is 65.1. The van der Waals surface area contributed by atoms with Crippen molar-refractivity contribution in [3.63, 3.8) is 0 Å². The minimum absolute atomic E-state index is 0.0170. The molecule has 133 heavy (non-hydrogen) atoms. The third-order valence-corrected chi connectivity index (χ3v) is 28.7. The van der Waals surface area contributed by atoms with E-state index in [4.69, 9.17) is 26.5 Å². The second-order valence-corrected chi connectivity index (χ2v) is 39.4. The molecule has 1 aliphatic rings. The van der Waals surface area contributed by atoms with Gasteiger partial charge in [-0.25, -0.2) is 0 Å². The first-order valence-electron chi connectivity index (χ1n) is 43.8. The lowest BCUT2D eigenvalue weighted by Crippen LogP contribution is -2.15. The summed E-state index contributed by atoms with van der Waals surface area (Å²) in [6.45, 7) is 4.64. The number of rotatable bonds is 4. The van der Waals surface area contributed by atoms with Crippen LogP contribution in [0.25, 0.3) is 230 Å². The van der Waals surface area contributed by atoms with E-state index in [1.807, 2.05) is 78.9 Å². The van der Waals surface area contributed by atoms with E-state index in [0.717, 1.165) is 127 Å². The average Bonchev–Trinajstić information content (AvgIpc) is 1.53. The zero-order valence-electron chi connectivity index (χ0n) is 71.5. The highest BCUT2D eigenvalue weighted by Gasteiger charge is 2.36. The molecule has 0 radical (unpaired) electrons. The molecule has 636 valence electrons. The average molecular weight is 2100 g/mol. The van der Waals surface area contributed by atoms with Gasteiger partial charge in [-0.15, -0.1) is 0 Å². The van der Waals surface area contributed by atoms with Crippen molar-refractivity contribution in [1.29, 1.82) is 0 Å². The quantitative estimate of drug-likeness (QED) is 0.163. The predicted octanol–water partition coefficient (Wildman–Crippen LogP) is 39.7. The smallest absolute Gasteiger partial charge is 0.143 e. The van der Waals surface area contributed by atoms with Crippen LogP contribution in [0.1, 0.15) is 25.0 Å². The molecule has 0 N–H and O–H groups in total. The number of benzene rings is 21. The highest BCUT2D eigenvalue weighted by atomic mass is 79.9. The van der Waals surface area contributed by atoms with Crippen LogP contribution in [-0.4, -0.2) is 0 Å². The van der Waals surface area contributed by atoms with Crippen LogP contribution < -0.4 is 0 Å². The number of halogens is 6. The Bertz CT molecular complexity index is 9270. The van der Waals surface area contributed by atoms with Gasteiger partial charge in [-0.1, -0.05) is 358 Å². The van der Waals surface area contributed by atoms with Crippen LogP contribution in [-0.2, 0) is 5.41 Å². The monoisotopic (exact) mass is 2100 g/mol. The highest BCUT2D eigenvalue weighted by Crippen LogP contribution is 2.52. The Kier molecular flexibility index (Phi) is 21.9. The van der Waals surface area contributed by atoms with Gasteiger partial charge in [0.2, 0.25) is 0 Å². The Labute approximate surface area is 814 Å². The van der Waals surface area contributed by atoms with Gasteiger partial charge in [-0.2, -0.15) is 0 Å². The second kappa shape index (κ2) is 34.8. The number of hydrogen-bond acceptors (Lipinski definition) is 6. The molecule has 0 atom stereocenters. The first-order valence-corrected chi connectivity index (χ1v) is 48.6. The largest absolute Gasteiger partial charge is 0.456 e. The summed E-state index contributed by atoms with van der Waals surface area (Å²) in [5.41, 5.74) is 26.3. The molecule has 0 fully saturated rings. The Morgan fingerprint density at radius 3 is 1.10 bits per heavy atom. The van der Waals surface area contributed by atoms with E-state index in [0.29, 0.717) is 0 Å². The van der Waals surface area contributed by atoms with Crippen molar-refractivity contribution in [2.24, 2.45) is 0 Å². The lowest BCUT2D eigenvalue weighted by Gasteiger charge is -2.22. The molecule has 0 aliphatic heterocycles. The molecule has 27 aromatic rings. The normalized spacial score (nSPS) is 12.1. The summed E-state index contributed by atoms with van der Waals surface area (Å²) < 4.78 is 42.6. The first kappa shape index (κ1) is 83.7. The maximum absolute atomic E-state index is 6.38. The van der Waals surface area contributed by atoms with Gasteiger partial charge < -0.3 is 26.5 Å². The topological polar surface area (TPSA) is 78.8 Å². The van der Waals surface area contributed by atoms with E-state index in [9.17, 15) is 0 Å². The maximum atomic E-state index is 6.38. The van der Waals surface area contributed by atoms with Gasteiger partial charge in [-0.05, 0) is 263 Å². The van der Waals surface area contributed by atoms with Crippen molar-refractivity contribution in [2.45, 2.75) is 19.3 Å². The molecule has 6 heterocycles. The lowest BCUT2D eigenvalue weighted by molar-refractivity contribution is 0.660. The van der Waals surface area contributed by atoms with Gasteiger partial charge in [0, 0.05) is 108 Å². The summed E-state index contributed by atoms with van der Waals surface area (Å²) in [6, 6.07) is 144. The van der Waals surface area contributed by atoms with Crippen molar-refractivity contribution in [3.05, 3.63) is 450 Å². The summed E-state index contributed by atoms with van der Waals surface area (Å²) in [5, 5.41) is 23.9. The molecule has 6 aromatic heterocycles. The zero-order chi connectivity index (χ0) is 89.7. The van der Waals surface area contributed by atoms with E-state index < -0.39 is 0 Å². The molecule has 6 nitrogen and oxygen atoms in total. The molecular weight excluding hydrogens is 2030 g/mol. The van der Waals surface area contributed by atoms with Crippen LogP contribution in [0.2, 0.25) is 0 Å². The SMILES string of the molecule is Brc1ccc(-c2ccc3oc4c5ccccc5c5ccccc5c4c3c2)cc1.Brc1ccc(-c2ccc3oc4ccc5ccccc5c4c3c2)cc1.Brc1ccc(-c2cccc3c2oc2ccccc23)cc1.Brc1ccc2oc3cc4ccccc4cc3c2c1.Brc1ccc2oc3ccccc3c2c1.CC1(C)c2cc(Br)ccc2-c2ccc(-c3ccc4oc5ccccc5c4c3)cc21. The minimum Gasteiger partial charge on any atom is -0.456 e. The van der Waals surface area contributed by atoms with Crippen LogP contribution in [0, 0.1) is 0 Å². The number of furan rings is 6. The zero-order valence-corrected chi connectivity index (χ0v) is 81.0. The van der Waals surface area contributed by atoms with Crippen LogP contribution >= 0.6 is 95.6 Å². The fourth-order valence-electron chi connectivity index (χ4n) is 19.1. The van der Waals surface area contributed by atoms with Crippen LogP contribution in [0.3, 0.4) is 0 Å². The molecule has 1 aliphatic carbocycles. The van der Waals surface area contributed by atoms with Crippen LogP contribution in [0.4, 0.5) is 0 Å². The number of hydrogen-bond donors (Lipinski definition) is 0. The molecule has 0 unspecified atom stereocenters. The predicted molar refractivity (Wildman–Crippen MR) is 578 cm³/mol. The van der Waals surface area contributed by atoms with E-state index in [1.165, 1.54) is 142 Å².